The number of benzene rings is 1. The van der Waals surface area contributed by atoms with E-state index in [1.807, 2.05) is 30.9 Å². The van der Waals surface area contributed by atoms with E-state index < -0.39 is 0 Å². The molecule has 2 heterocycles. The maximum Gasteiger partial charge on any atom is 0.115 e. The van der Waals surface area contributed by atoms with Crippen LogP contribution in [0, 0.1) is 0 Å². The minimum atomic E-state index is 0.836. The molecule has 2 aromatic heterocycles. The van der Waals surface area contributed by atoms with Crippen LogP contribution in [0.25, 0.3) is 0 Å². The van der Waals surface area contributed by atoms with Crippen LogP contribution in [0.5, 0.6) is 0 Å². The SMILES string of the molecule is c1ccc(CCN(Cc2cccnc2)Cc2cncnc2)cc1. The van der Waals surface area contributed by atoms with Gasteiger partial charge in [0.1, 0.15) is 6.33 Å². The van der Waals surface area contributed by atoms with Gasteiger partial charge in [0.2, 0.25) is 0 Å². The van der Waals surface area contributed by atoms with Crippen molar-refractivity contribution in [3.8, 4) is 0 Å². The van der Waals surface area contributed by atoms with Crippen LogP contribution in [-0.4, -0.2) is 26.4 Å². The third-order valence-corrected chi connectivity index (χ3v) is 3.71. The van der Waals surface area contributed by atoms with Crippen molar-refractivity contribution in [3.05, 3.63) is 90.3 Å². The fourth-order valence-corrected chi connectivity index (χ4v) is 2.57. The van der Waals surface area contributed by atoms with E-state index in [1.165, 1.54) is 11.1 Å². The lowest BCUT2D eigenvalue weighted by molar-refractivity contribution is 0.259. The Hall–Kier alpha value is -2.59. The van der Waals surface area contributed by atoms with Crippen LogP contribution >= 0.6 is 0 Å². The smallest absolute Gasteiger partial charge is 0.115 e. The van der Waals surface area contributed by atoms with E-state index in [0.717, 1.165) is 31.6 Å². The molecule has 4 heteroatoms. The Balaban J connectivity index is 1.67. The number of rotatable bonds is 7. The van der Waals surface area contributed by atoms with Crippen LogP contribution in [0.4, 0.5) is 0 Å². The van der Waals surface area contributed by atoms with Gasteiger partial charge in [0.25, 0.3) is 0 Å². The molecule has 0 saturated carbocycles. The Morgan fingerprint density at radius 3 is 2.13 bits per heavy atom. The average Bonchev–Trinajstić information content (AvgIpc) is 2.62. The maximum absolute atomic E-state index is 4.21. The Kier molecular flexibility index (Phi) is 5.43. The summed E-state index contributed by atoms with van der Waals surface area (Å²) in [4.78, 5) is 14.8. The van der Waals surface area contributed by atoms with Crippen molar-refractivity contribution in [3.63, 3.8) is 0 Å². The van der Waals surface area contributed by atoms with Gasteiger partial charge in [-0.3, -0.25) is 9.88 Å². The van der Waals surface area contributed by atoms with Crippen molar-refractivity contribution in [1.82, 2.24) is 19.9 Å². The molecular weight excluding hydrogens is 284 g/mol. The molecule has 1 aromatic carbocycles. The highest BCUT2D eigenvalue weighted by Crippen LogP contribution is 2.10. The van der Waals surface area contributed by atoms with Gasteiger partial charge >= 0.3 is 0 Å². The second-order valence-electron chi connectivity index (χ2n) is 5.55. The van der Waals surface area contributed by atoms with Gasteiger partial charge in [-0.05, 0) is 23.6 Å². The highest BCUT2D eigenvalue weighted by Gasteiger charge is 2.08. The van der Waals surface area contributed by atoms with E-state index in [0.29, 0.717) is 0 Å². The summed E-state index contributed by atoms with van der Waals surface area (Å²) in [7, 11) is 0. The number of aromatic nitrogens is 3. The van der Waals surface area contributed by atoms with Gasteiger partial charge in [-0.25, -0.2) is 9.97 Å². The largest absolute Gasteiger partial charge is 0.294 e. The molecule has 0 aliphatic heterocycles. The summed E-state index contributed by atoms with van der Waals surface area (Å²) in [5.74, 6) is 0. The lowest BCUT2D eigenvalue weighted by atomic mass is 10.1. The Bertz CT molecular complexity index is 645. The molecule has 23 heavy (non-hydrogen) atoms. The fraction of sp³-hybridized carbons (Fsp3) is 0.211. The number of hydrogen-bond donors (Lipinski definition) is 0. The van der Waals surface area contributed by atoms with Gasteiger partial charge in [-0.2, -0.15) is 0 Å². The lowest BCUT2D eigenvalue weighted by Crippen LogP contribution is -2.25. The van der Waals surface area contributed by atoms with Crippen LogP contribution in [0.3, 0.4) is 0 Å². The molecule has 116 valence electrons. The van der Waals surface area contributed by atoms with Gasteiger partial charge in [-0.1, -0.05) is 36.4 Å². The molecule has 0 amide bonds. The molecule has 0 bridgehead atoms. The number of hydrogen-bond acceptors (Lipinski definition) is 4. The molecule has 0 spiro atoms. The van der Waals surface area contributed by atoms with E-state index >= 15 is 0 Å². The topological polar surface area (TPSA) is 41.9 Å². The van der Waals surface area contributed by atoms with E-state index in [1.54, 1.807) is 6.33 Å². The van der Waals surface area contributed by atoms with Crippen LogP contribution in [0.15, 0.2) is 73.6 Å². The van der Waals surface area contributed by atoms with E-state index in [-0.39, 0.29) is 0 Å². The van der Waals surface area contributed by atoms with Crippen molar-refractivity contribution >= 4 is 0 Å². The van der Waals surface area contributed by atoms with Crippen LogP contribution in [-0.2, 0) is 19.5 Å². The summed E-state index contributed by atoms with van der Waals surface area (Å²) in [6, 6.07) is 14.7. The zero-order chi connectivity index (χ0) is 15.7. The number of nitrogens with zero attached hydrogens (tertiary/aromatic N) is 4. The molecular formula is C19H20N4. The van der Waals surface area contributed by atoms with Gasteiger partial charge in [0.05, 0.1) is 0 Å². The van der Waals surface area contributed by atoms with Crippen LogP contribution in [0.2, 0.25) is 0 Å². The van der Waals surface area contributed by atoms with E-state index in [4.69, 9.17) is 0 Å². The van der Waals surface area contributed by atoms with Crippen molar-refractivity contribution in [2.24, 2.45) is 0 Å². The molecule has 0 unspecified atom stereocenters. The first-order valence-electron chi connectivity index (χ1n) is 7.79. The maximum atomic E-state index is 4.21. The van der Waals surface area contributed by atoms with Crippen molar-refractivity contribution in [2.75, 3.05) is 6.54 Å². The summed E-state index contributed by atoms with van der Waals surface area (Å²) >= 11 is 0. The van der Waals surface area contributed by atoms with Gasteiger partial charge in [-0.15, -0.1) is 0 Å². The first-order chi connectivity index (χ1) is 11.4. The molecule has 3 rings (SSSR count). The molecule has 0 radical (unpaired) electrons. The standard InChI is InChI=1S/C19H20N4/c1-2-5-17(6-3-1)8-10-23(14-18-7-4-9-20-11-18)15-19-12-21-16-22-13-19/h1-7,9,11-13,16H,8,10,14-15H2. The lowest BCUT2D eigenvalue weighted by Gasteiger charge is -2.22. The molecule has 0 atom stereocenters. The van der Waals surface area contributed by atoms with Crippen molar-refractivity contribution in [2.45, 2.75) is 19.5 Å². The summed E-state index contributed by atoms with van der Waals surface area (Å²) < 4.78 is 0. The minimum Gasteiger partial charge on any atom is -0.294 e. The fourth-order valence-electron chi connectivity index (χ4n) is 2.57. The molecule has 0 N–H and O–H groups in total. The van der Waals surface area contributed by atoms with Gasteiger partial charge in [0, 0.05) is 50.0 Å². The van der Waals surface area contributed by atoms with Crippen LogP contribution in [0.1, 0.15) is 16.7 Å². The quantitative estimate of drug-likeness (QED) is 0.672. The van der Waals surface area contributed by atoms with Crippen molar-refractivity contribution < 1.29 is 0 Å². The molecule has 0 aliphatic carbocycles. The predicted octanol–water partition coefficient (Wildman–Crippen LogP) is 3.12. The highest BCUT2D eigenvalue weighted by atomic mass is 15.1. The van der Waals surface area contributed by atoms with E-state index in [2.05, 4.69) is 56.3 Å². The third-order valence-electron chi connectivity index (χ3n) is 3.71. The highest BCUT2D eigenvalue weighted by molar-refractivity contribution is 5.15. The molecule has 0 fully saturated rings. The summed E-state index contributed by atoms with van der Waals surface area (Å²) in [5, 5.41) is 0. The van der Waals surface area contributed by atoms with Gasteiger partial charge in [0.15, 0.2) is 0 Å². The third kappa shape index (κ3) is 4.97. The zero-order valence-electron chi connectivity index (χ0n) is 13.0. The average molecular weight is 304 g/mol. The minimum absolute atomic E-state index is 0.836. The molecule has 0 aliphatic rings. The van der Waals surface area contributed by atoms with Gasteiger partial charge < -0.3 is 0 Å². The van der Waals surface area contributed by atoms with Crippen molar-refractivity contribution in [1.29, 1.82) is 0 Å². The second-order valence-corrected chi connectivity index (χ2v) is 5.55. The normalized spacial score (nSPS) is 10.8. The monoisotopic (exact) mass is 304 g/mol. The molecule has 4 nitrogen and oxygen atoms in total. The second kappa shape index (κ2) is 8.15. The Morgan fingerprint density at radius 2 is 1.39 bits per heavy atom. The number of pyridine rings is 1. The zero-order valence-corrected chi connectivity index (χ0v) is 13.0. The summed E-state index contributed by atoms with van der Waals surface area (Å²) in [6.45, 7) is 2.69. The first kappa shape index (κ1) is 15.3. The molecule has 0 saturated heterocycles. The predicted molar refractivity (Wildman–Crippen MR) is 90.5 cm³/mol. The first-order valence-corrected chi connectivity index (χ1v) is 7.79. The van der Waals surface area contributed by atoms with E-state index in [9.17, 15) is 0 Å². The Labute approximate surface area is 136 Å². The Morgan fingerprint density at radius 1 is 0.696 bits per heavy atom. The summed E-state index contributed by atoms with van der Waals surface area (Å²) in [5.41, 5.74) is 3.70. The summed E-state index contributed by atoms with van der Waals surface area (Å²) in [6.07, 6.45) is 10.1. The van der Waals surface area contributed by atoms with Crippen LogP contribution < -0.4 is 0 Å². The molecule has 3 aromatic rings.